The Bertz CT molecular complexity index is 185. The number of piperidine rings is 1. The van der Waals surface area contributed by atoms with Gasteiger partial charge in [-0.1, -0.05) is 11.9 Å². The number of carbonyl (C=O) groups is 1. The molecule has 11 heavy (non-hydrogen) atoms. The Kier molecular flexibility index (Phi) is 1.81. The quantitative estimate of drug-likeness (QED) is 0.569. The number of nitrogens with one attached hydrogen (secondary N) is 1. The van der Waals surface area contributed by atoms with Gasteiger partial charge in [0.15, 0.2) is 0 Å². The summed E-state index contributed by atoms with van der Waals surface area (Å²) < 4.78 is 1.87. The van der Waals surface area contributed by atoms with Crippen molar-refractivity contribution in [2.45, 2.75) is 12.5 Å². The number of hydrogen-bond donors (Lipinski definition) is 1. The Morgan fingerprint density at radius 2 is 2.55 bits per heavy atom. The molecule has 3 nitrogen and oxygen atoms in total. The van der Waals surface area contributed by atoms with E-state index >= 15 is 0 Å². The summed E-state index contributed by atoms with van der Waals surface area (Å²) >= 11 is 1.55. The van der Waals surface area contributed by atoms with Gasteiger partial charge < -0.3 is 5.32 Å². The van der Waals surface area contributed by atoms with Crippen LogP contribution in [0.3, 0.4) is 0 Å². The lowest BCUT2D eigenvalue weighted by Gasteiger charge is -2.28. The van der Waals surface area contributed by atoms with E-state index in [0.717, 1.165) is 19.5 Å². The molecule has 4 heteroatoms. The molecule has 2 aliphatic heterocycles. The molecular formula is C7H12N2OS. The van der Waals surface area contributed by atoms with E-state index in [9.17, 15) is 4.79 Å². The summed E-state index contributed by atoms with van der Waals surface area (Å²) in [6.07, 6.45) is 3.01. The van der Waals surface area contributed by atoms with E-state index < -0.39 is 0 Å². The van der Waals surface area contributed by atoms with Gasteiger partial charge in [0.1, 0.15) is 0 Å². The molecule has 0 radical (unpaired) electrons. The summed E-state index contributed by atoms with van der Waals surface area (Å²) in [7, 11) is 0. The number of rotatable bonds is 1. The smallest absolute Gasteiger partial charge is 0.236 e. The second kappa shape index (κ2) is 2.68. The van der Waals surface area contributed by atoms with E-state index in [2.05, 4.69) is 5.32 Å². The highest BCUT2D eigenvalue weighted by Gasteiger charge is 2.38. The van der Waals surface area contributed by atoms with Crippen molar-refractivity contribution in [2.24, 2.45) is 5.92 Å². The molecule has 2 fully saturated rings. The Morgan fingerprint density at radius 1 is 1.73 bits per heavy atom. The topological polar surface area (TPSA) is 32.3 Å². The van der Waals surface area contributed by atoms with Crippen molar-refractivity contribution in [1.29, 1.82) is 0 Å². The second-order valence-electron chi connectivity index (χ2n) is 3.12. The highest BCUT2D eigenvalue weighted by Crippen LogP contribution is 2.26. The summed E-state index contributed by atoms with van der Waals surface area (Å²) in [5.74, 6) is 0.583. The summed E-state index contributed by atoms with van der Waals surface area (Å²) in [6, 6.07) is 0.560. The van der Waals surface area contributed by atoms with Crippen LogP contribution >= 0.6 is 11.9 Å². The summed E-state index contributed by atoms with van der Waals surface area (Å²) in [6.45, 7) is 1.77. The zero-order valence-electron chi connectivity index (χ0n) is 6.54. The third-order valence-electron chi connectivity index (χ3n) is 2.42. The van der Waals surface area contributed by atoms with Gasteiger partial charge in [0.25, 0.3) is 0 Å². The first-order chi connectivity index (χ1) is 5.31. The Labute approximate surface area is 70.6 Å². The third kappa shape index (κ3) is 1.14. The van der Waals surface area contributed by atoms with Crippen LogP contribution in [-0.2, 0) is 4.79 Å². The molecule has 62 valence electrons. The van der Waals surface area contributed by atoms with Gasteiger partial charge in [-0.25, -0.2) is 0 Å². The van der Waals surface area contributed by atoms with Gasteiger partial charge in [0.05, 0.1) is 5.92 Å². The largest absolute Gasteiger partial charge is 0.311 e. The average molecular weight is 172 g/mol. The van der Waals surface area contributed by atoms with Crippen LogP contribution in [0.2, 0.25) is 0 Å². The highest BCUT2D eigenvalue weighted by molar-refractivity contribution is 7.96. The number of carbonyl (C=O) groups excluding carboxylic acids is 1. The fourth-order valence-electron chi connectivity index (χ4n) is 1.80. The van der Waals surface area contributed by atoms with Gasteiger partial charge in [0.2, 0.25) is 5.91 Å². The minimum atomic E-state index is 0.265. The predicted molar refractivity (Wildman–Crippen MR) is 45.1 cm³/mol. The lowest BCUT2D eigenvalue weighted by molar-refractivity contribution is -0.131. The van der Waals surface area contributed by atoms with Gasteiger partial charge in [-0.2, -0.15) is 0 Å². The summed E-state index contributed by atoms with van der Waals surface area (Å²) in [5.41, 5.74) is 0. The molecule has 2 bridgehead atoms. The molecule has 0 saturated carbocycles. The van der Waals surface area contributed by atoms with E-state index in [1.165, 1.54) is 0 Å². The molecule has 2 rings (SSSR count). The highest BCUT2D eigenvalue weighted by atomic mass is 32.2. The van der Waals surface area contributed by atoms with Crippen LogP contribution in [0.5, 0.6) is 0 Å². The minimum Gasteiger partial charge on any atom is -0.311 e. The van der Waals surface area contributed by atoms with Crippen LogP contribution in [0, 0.1) is 5.92 Å². The fraction of sp³-hybridized carbons (Fsp3) is 0.857. The van der Waals surface area contributed by atoms with Crippen LogP contribution in [0.1, 0.15) is 6.42 Å². The number of amides is 1. The molecule has 2 aliphatic rings. The zero-order chi connectivity index (χ0) is 7.84. The molecule has 0 aromatic rings. The molecule has 2 saturated heterocycles. The van der Waals surface area contributed by atoms with E-state index in [-0.39, 0.29) is 5.92 Å². The molecule has 0 aliphatic carbocycles. The van der Waals surface area contributed by atoms with E-state index in [1.807, 2.05) is 10.6 Å². The first kappa shape index (κ1) is 7.43. The number of hydrogen-bond acceptors (Lipinski definition) is 3. The monoisotopic (exact) mass is 172 g/mol. The standard InChI is InChI=1S/C7H12N2OS/c1-11-9-4-6-2-5(3-8-6)7(9)10/h5-6,8H,2-4H2,1H3. The lowest BCUT2D eigenvalue weighted by Crippen LogP contribution is -2.40. The maximum Gasteiger partial charge on any atom is 0.236 e. The lowest BCUT2D eigenvalue weighted by atomic mass is 10.0. The molecule has 2 atom stereocenters. The van der Waals surface area contributed by atoms with Gasteiger partial charge in [0, 0.05) is 25.4 Å². The van der Waals surface area contributed by atoms with Crippen molar-refractivity contribution in [2.75, 3.05) is 19.3 Å². The zero-order valence-corrected chi connectivity index (χ0v) is 7.36. The van der Waals surface area contributed by atoms with Crippen LogP contribution < -0.4 is 5.32 Å². The number of fused-ring (bicyclic) bond motifs is 2. The molecule has 1 N–H and O–H groups in total. The molecular weight excluding hydrogens is 160 g/mol. The van der Waals surface area contributed by atoms with Crippen molar-refractivity contribution in [3.63, 3.8) is 0 Å². The molecule has 2 heterocycles. The first-order valence-corrected chi connectivity index (χ1v) is 5.08. The van der Waals surface area contributed by atoms with Crippen molar-refractivity contribution in [3.05, 3.63) is 0 Å². The van der Waals surface area contributed by atoms with Crippen molar-refractivity contribution < 1.29 is 4.79 Å². The first-order valence-electron chi connectivity index (χ1n) is 3.90. The van der Waals surface area contributed by atoms with Crippen LogP contribution in [0.15, 0.2) is 0 Å². The molecule has 2 unspecified atom stereocenters. The Morgan fingerprint density at radius 3 is 3.27 bits per heavy atom. The van der Waals surface area contributed by atoms with Gasteiger partial charge in [-0.05, 0) is 6.42 Å². The van der Waals surface area contributed by atoms with E-state index in [0.29, 0.717) is 11.9 Å². The molecule has 1 amide bonds. The van der Waals surface area contributed by atoms with Crippen LogP contribution in [-0.4, -0.2) is 35.6 Å². The third-order valence-corrected chi connectivity index (χ3v) is 3.19. The Balaban J connectivity index is 2.12. The maximum absolute atomic E-state index is 11.5. The van der Waals surface area contributed by atoms with Gasteiger partial charge in [-0.3, -0.25) is 9.10 Å². The average Bonchev–Trinajstić information content (AvgIpc) is 2.42. The van der Waals surface area contributed by atoms with E-state index in [1.54, 1.807) is 11.9 Å². The van der Waals surface area contributed by atoms with Crippen LogP contribution in [0.25, 0.3) is 0 Å². The second-order valence-corrected chi connectivity index (χ2v) is 3.93. The van der Waals surface area contributed by atoms with Gasteiger partial charge in [-0.15, -0.1) is 0 Å². The summed E-state index contributed by atoms with van der Waals surface area (Å²) in [4.78, 5) is 11.5. The summed E-state index contributed by atoms with van der Waals surface area (Å²) in [5, 5.41) is 3.34. The van der Waals surface area contributed by atoms with Crippen molar-refractivity contribution in [3.8, 4) is 0 Å². The fourth-order valence-corrected chi connectivity index (χ4v) is 2.46. The maximum atomic E-state index is 11.5. The van der Waals surface area contributed by atoms with Crippen molar-refractivity contribution >= 4 is 17.9 Å². The minimum absolute atomic E-state index is 0.265. The van der Waals surface area contributed by atoms with Gasteiger partial charge >= 0.3 is 0 Å². The SMILES string of the molecule is CSN1CC2CC(CN2)C1=O. The Hall–Kier alpha value is -0.220. The molecule has 0 aromatic carbocycles. The van der Waals surface area contributed by atoms with E-state index in [4.69, 9.17) is 0 Å². The normalized spacial score (nSPS) is 36.5. The molecule has 0 spiro atoms. The predicted octanol–water partition coefficient (Wildman–Crippen LogP) is 0.0847. The molecule has 0 aromatic heterocycles. The van der Waals surface area contributed by atoms with Crippen molar-refractivity contribution in [1.82, 2.24) is 9.62 Å². The van der Waals surface area contributed by atoms with Crippen LogP contribution in [0.4, 0.5) is 0 Å². The number of nitrogens with zero attached hydrogens (tertiary/aromatic N) is 1.